The van der Waals surface area contributed by atoms with Crippen LogP contribution < -0.4 is 10.0 Å². The predicted molar refractivity (Wildman–Crippen MR) is 113 cm³/mol. The first kappa shape index (κ1) is 20.5. The number of aliphatic hydroxyl groups is 1. The molecule has 4 rings (SSSR count). The molecule has 0 aliphatic carbocycles. The van der Waals surface area contributed by atoms with Crippen LogP contribution in [0.5, 0.6) is 0 Å². The molecule has 1 atom stereocenters. The number of primary sulfonamides is 1. The largest absolute Gasteiger partial charge is 0.364 e. The minimum atomic E-state index is -3.84. The van der Waals surface area contributed by atoms with Gasteiger partial charge in [-0.1, -0.05) is 23.7 Å². The highest BCUT2D eigenvalue weighted by Gasteiger charge is 2.40. The van der Waals surface area contributed by atoms with Crippen molar-refractivity contribution in [2.75, 3.05) is 11.4 Å². The van der Waals surface area contributed by atoms with E-state index >= 15 is 0 Å². The maximum atomic E-state index is 13.8. The summed E-state index contributed by atoms with van der Waals surface area (Å²) in [5, 5.41) is 17.0. The SMILES string of the molecule is NS(=O)(=O)c1ccc(N2CC(O)(c3cccc(F)c3)N=C2c2ccc(Cl)cc2)cc1. The first-order valence-electron chi connectivity index (χ1n) is 8.90. The van der Waals surface area contributed by atoms with Gasteiger partial charge in [0, 0.05) is 21.8 Å². The lowest BCUT2D eigenvalue weighted by Crippen LogP contribution is -2.34. The lowest BCUT2D eigenvalue weighted by molar-refractivity contribution is 0.0644. The van der Waals surface area contributed by atoms with Crippen molar-refractivity contribution in [3.63, 3.8) is 0 Å². The minimum absolute atomic E-state index is 0.00311. The molecule has 1 aliphatic heterocycles. The van der Waals surface area contributed by atoms with E-state index in [9.17, 15) is 17.9 Å². The second kappa shape index (κ2) is 7.48. The van der Waals surface area contributed by atoms with Gasteiger partial charge in [0.25, 0.3) is 0 Å². The Kier molecular flexibility index (Phi) is 5.11. The number of hydrogen-bond donors (Lipinski definition) is 2. The van der Waals surface area contributed by atoms with Crippen LogP contribution in [0.15, 0.2) is 82.7 Å². The fourth-order valence-corrected chi connectivity index (χ4v) is 3.95. The van der Waals surface area contributed by atoms with E-state index in [2.05, 4.69) is 4.99 Å². The molecule has 0 saturated carbocycles. The molecule has 1 aliphatic rings. The standard InChI is InChI=1S/C21H17ClFN3O3S/c22-16-6-4-14(5-7-16)20-25-21(27,15-2-1-3-17(23)12-15)13-26(20)18-8-10-19(11-9-18)30(24,28)29/h1-12,27H,13H2,(H2,24,28,29). The van der Waals surface area contributed by atoms with Crippen molar-refractivity contribution in [2.24, 2.45) is 10.1 Å². The van der Waals surface area contributed by atoms with Crippen LogP contribution in [0.25, 0.3) is 0 Å². The maximum Gasteiger partial charge on any atom is 0.238 e. The van der Waals surface area contributed by atoms with Crippen LogP contribution in [-0.2, 0) is 15.7 Å². The summed E-state index contributed by atoms with van der Waals surface area (Å²) in [5.74, 6) is -0.0538. The van der Waals surface area contributed by atoms with Crippen LogP contribution in [-0.4, -0.2) is 25.9 Å². The van der Waals surface area contributed by atoms with Gasteiger partial charge in [0.1, 0.15) is 11.7 Å². The smallest absolute Gasteiger partial charge is 0.238 e. The van der Waals surface area contributed by atoms with Crippen LogP contribution >= 0.6 is 11.6 Å². The number of hydrogen-bond acceptors (Lipinski definition) is 5. The number of nitrogens with two attached hydrogens (primary N) is 1. The second-order valence-electron chi connectivity index (χ2n) is 6.89. The first-order chi connectivity index (χ1) is 14.2. The molecule has 9 heteroatoms. The molecular weight excluding hydrogens is 429 g/mol. The number of β-amino-alcohol motifs (C(OH)–C–C–N with tert-alkyl or cyclic N) is 1. The molecule has 0 amide bonds. The summed E-state index contributed by atoms with van der Waals surface area (Å²) in [5.41, 5.74) is -0.126. The number of benzene rings is 3. The van der Waals surface area contributed by atoms with Crippen molar-refractivity contribution >= 4 is 33.1 Å². The molecule has 1 heterocycles. The van der Waals surface area contributed by atoms with Gasteiger partial charge >= 0.3 is 0 Å². The Morgan fingerprint density at radius 1 is 1.07 bits per heavy atom. The number of anilines is 1. The number of rotatable bonds is 4. The minimum Gasteiger partial charge on any atom is -0.364 e. The summed E-state index contributed by atoms with van der Waals surface area (Å²) in [6, 6.07) is 18.4. The van der Waals surface area contributed by atoms with Crippen molar-refractivity contribution in [3.05, 3.63) is 94.8 Å². The highest BCUT2D eigenvalue weighted by atomic mass is 35.5. The Bertz CT molecular complexity index is 1230. The van der Waals surface area contributed by atoms with Crippen LogP contribution in [0, 0.1) is 5.82 Å². The molecule has 6 nitrogen and oxygen atoms in total. The summed E-state index contributed by atoms with van der Waals surface area (Å²) >= 11 is 5.99. The lowest BCUT2D eigenvalue weighted by atomic mass is 10.0. The third kappa shape index (κ3) is 3.95. The molecule has 30 heavy (non-hydrogen) atoms. The molecular formula is C21H17ClFN3O3S. The zero-order valence-corrected chi connectivity index (χ0v) is 17.1. The Hall–Kier alpha value is -2.78. The van der Waals surface area contributed by atoms with Crippen molar-refractivity contribution in [2.45, 2.75) is 10.6 Å². The fraction of sp³-hybridized carbons (Fsp3) is 0.0952. The van der Waals surface area contributed by atoms with Gasteiger partial charge in [-0.15, -0.1) is 0 Å². The number of halogens is 2. The second-order valence-corrected chi connectivity index (χ2v) is 8.89. The quantitative estimate of drug-likeness (QED) is 0.644. The Balaban J connectivity index is 1.80. The molecule has 3 N–H and O–H groups in total. The molecule has 3 aromatic rings. The van der Waals surface area contributed by atoms with Gasteiger partial charge in [0.05, 0.1) is 11.4 Å². The van der Waals surface area contributed by atoms with Gasteiger partial charge in [-0.3, -0.25) is 0 Å². The number of nitrogens with zero attached hydrogens (tertiary/aromatic N) is 2. The van der Waals surface area contributed by atoms with Crippen molar-refractivity contribution in [3.8, 4) is 0 Å². The molecule has 3 aromatic carbocycles. The highest BCUT2D eigenvalue weighted by molar-refractivity contribution is 7.89. The van der Waals surface area contributed by atoms with Gasteiger partial charge < -0.3 is 10.0 Å². The Labute approximate surface area is 178 Å². The molecule has 0 aromatic heterocycles. The lowest BCUT2D eigenvalue weighted by Gasteiger charge is -2.24. The molecule has 0 fully saturated rings. The third-order valence-electron chi connectivity index (χ3n) is 4.79. The van der Waals surface area contributed by atoms with E-state index < -0.39 is 21.6 Å². The van der Waals surface area contributed by atoms with E-state index in [-0.39, 0.29) is 11.4 Å². The van der Waals surface area contributed by atoms with E-state index in [0.717, 1.165) is 0 Å². The molecule has 154 valence electrons. The average molecular weight is 446 g/mol. The van der Waals surface area contributed by atoms with E-state index in [1.165, 1.54) is 30.3 Å². The third-order valence-corrected chi connectivity index (χ3v) is 5.97. The van der Waals surface area contributed by atoms with E-state index in [4.69, 9.17) is 16.7 Å². The van der Waals surface area contributed by atoms with Gasteiger partial charge in [-0.25, -0.2) is 22.9 Å². The Morgan fingerprint density at radius 3 is 2.33 bits per heavy atom. The summed E-state index contributed by atoms with van der Waals surface area (Å²) < 4.78 is 36.9. The van der Waals surface area contributed by atoms with E-state index in [1.54, 1.807) is 47.4 Å². The summed E-state index contributed by atoms with van der Waals surface area (Å²) in [6.07, 6.45) is 0. The molecule has 0 spiro atoms. The Morgan fingerprint density at radius 2 is 1.73 bits per heavy atom. The van der Waals surface area contributed by atoms with E-state index in [0.29, 0.717) is 27.7 Å². The zero-order chi connectivity index (χ0) is 21.5. The molecule has 0 radical (unpaired) electrons. The molecule has 0 bridgehead atoms. The van der Waals surface area contributed by atoms with Gasteiger partial charge in [-0.2, -0.15) is 0 Å². The van der Waals surface area contributed by atoms with Gasteiger partial charge in [0.2, 0.25) is 15.7 Å². The average Bonchev–Trinajstić information content (AvgIpc) is 3.07. The normalized spacial score (nSPS) is 19.1. The van der Waals surface area contributed by atoms with Crippen LogP contribution in [0.4, 0.5) is 10.1 Å². The first-order valence-corrected chi connectivity index (χ1v) is 10.8. The van der Waals surface area contributed by atoms with Crippen LogP contribution in [0.1, 0.15) is 11.1 Å². The molecule has 1 unspecified atom stereocenters. The van der Waals surface area contributed by atoms with Crippen molar-refractivity contribution in [1.82, 2.24) is 0 Å². The van der Waals surface area contributed by atoms with Crippen LogP contribution in [0.3, 0.4) is 0 Å². The summed E-state index contributed by atoms with van der Waals surface area (Å²) in [7, 11) is -3.84. The highest BCUT2D eigenvalue weighted by Crippen LogP contribution is 2.35. The number of amidine groups is 1. The fourth-order valence-electron chi connectivity index (χ4n) is 3.31. The molecule has 0 saturated heterocycles. The summed E-state index contributed by atoms with van der Waals surface area (Å²) in [6.45, 7) is 0.00311. The van der Waals surface area contributed by atoms with Crippen LogP contribution in [0.2, 0.25) is 5.02 Å². The monoisotopic (exact) mass is 445 g/mol. The van der Waals surface area contributed by atoms with Gasteiger partial charge in [-0.05, 0) is 60.7 Å². The van der Waals surface area contributed by atoms with E-state index in [1.807, 2.05) is 0 Å². The number of aliphatic imine (C=N–C) groups is 1. The van der Waals surface area contributed by atoms with Crippen molar-refractivity contribution < 1.29 is 17.9 Å². The van der Waals surface area contributed by atoms with Crippen molar-refractivity contribution in [1.29, 1.82) is 0 Å². The summed E-state index contributed by atoms with van der Waals surface area (Å²) in [4.78, 5) is 6.20. The predicted octanol–water partition coefficient (Wildman–Crippen LogP) is 3.24. The topological polar surface area (TPSA) is 96.0 Å². The van der Waals surface area contributed by atoms with Gasteiger partial charge in [0.15, 0.2) is 0 Å². The zero-order valence-electron chi connectivity index (χ0n) is 15.5. The maximum absolute atomic E-state index is 13.8. The number of sulfonamides is 1.